The van der Waals surface area contributed by atoms with Crippen LogP contribution in [0.25, 0.3) is 22.3 Å². The molecule has 3 aromatic rings. The quantitative estimate of drug-likeness (QED) is 0.652. The fraction of sp³-hybridized carbons (Fsp3) is 0.524. The lowest BCUT2D eigenvalue weighted by Gasteiger charge is -2.33. The third-order valence-corrected chi connectivity index (χ3v) is 8.85. The predicted molar refractivity (Wildman–Crippen MR) is 115 cm³/mol. The largest absolute Gasteiger partial charge is 0.346 e. The predicted octanol–water partition coefficient (Wildman–Crippen LogP) is 2.51. The number of nitrogens with one attached hydrogen (secondary N) is 1. The first-order chi connectivity index (χ1) is 15.0. The molecule has 0 unspecified atom stereocenters. The zero-order valence-electron chi connectivity index (χ0n) is 17.4. The summed E-state index contributed by atoms with van der Waals surface area (Å²) >= 11 is 0. The number of fused-ring (bicyclic) bond motifs is 2. The van der Waals surface area contributed by atoms with E-state index in [9.17, 15) is 13.7 Å². The van der Waals surface area contributed by atoms with Crippen LogP contribution in [0, 0.1) is 23.2 Å². The summed E-state index contributed by atoms with van der Waals surface area (Å²) in [7, 11) is -3.19. The first kappa shape index (κ1) is 20.2. The molecular formula is C21H25N7O2S. The summed E-state index contributed by atoms with van der Waals surface area (Å²) in [6.45, 7) is 2.80. The van der Waals surface area contributed by atoms with Gasteiger partial charge < -0.3 is 4.98 Å². The number of sulfonamides is 1. The summed E-state index contributed by atoms with van der Waals surface area (Å²) in [6, 6.07) is 4.31. The van der Waals surface area contributed by atoms with Crippen molar-refractivity contribution in [1.82, 2.24) is 29.0 Å². The van der Waals surface area contributed by atoms with Gasteiger partial charge in [0.2, 0.25) is 10.0 Å². The van der Waals surface area contributed by atoms with Gasteiger partial charge >= 0.3 is 0 Å². The van der Waals surface area contributed by atoms with E-state index in [1.54, 1.807) is 17.4 Å². The lowest BCUT2D eigenvalue weighted by atomic mass is 9.90. The number of hydrogen-bond donors (Lipinski definition) is 1. The van der Waals surface area contributed by atoms with Crippen molar-refractivity contribution in [1.29, 1.82) is 5.26 Å². The highest BCUT2D eigenvalue weighted by Crippen LogP contribution is 2.50. The minimum Gasteiger partial charge on any atom is -0.346 e. The topological polar surface area (TPSA) is 121 Å². The van der Waals surface area contributed by atoms with Gasteiger partial charge in [-0.15, -0.1) is 0 Å². The van der Waals surface area contributed by atoms with Gasteiger partial charge in [-0.2, -0.15) is 10.4 Å². The van der Waals surface area contributed by atoms with E-state index in [2.05, 4.69) is 26.1 Å². The van der Waals surface area contributed by atoms with Gasteiger partial charge in [0.15, 0.2) is 0 Å². The molecule has 1 aliphatic heterocycles. The lowest BCUT2D eigenvalue weighted by Crippen LogP contribution is -2.42. The van der Waals surface area contributed by atoms with Gasteiger partial charge in [0, 0.05) is 36.4 Å². The van der Waals surface area contributed by atoms with Crippen molar-refractivity contribution in [2.45, 2.75) is 38.1 Å². The Hall–Kier alpha value is -2.77. The first-order valence-corrected chi connectivity index (χ1v) is 12.2. The third-order valence-electron chi connectivity index (χ3n) is 7.00. The Balaban J connectivity index is 1.46. The average Bonchev–Trinajstić information content (AvgIpc) is 3.50. The van der Waals surface area contributed by atoms with Gasteiger partial charge in [0.05, 0.1) is 35.7 Å². The molecule has 9 nitrogen and oxygen atoms in total. The summed E-state index contributed by atoms with van der Waals surface area (Å²) in [5, 5.41) is 15.2. The van der Waals surface area contributed by atoms with E-state index in [4.69, 9.17) is 0 Å². The molecule has 1 saturated heterocycles. The lowest BCUT2D eigenvalue weighted by molar-refractivity contribution is 0.212. The maximum absolute atomic E-state index is 12.4. The van der Waals surface area contributed by atoms with E-state index in [1.807, 2.05) is 23.1 Å². The molecule has 1 N–H and O–H groups in total. The van der Waals surface area contributed by atoms with Gasteiger partial charge in [-0.3, -0.25) is 4.68 Å². The van der Waals surface area contributed by atoms with Crippen molar-refractivity contribution >= 4 is 21.1 Å². The Bertz CT molecular complexity index is 1260. The zero-order chi connectivity index (χ0) is 21.6. The van der Waals surface area contributed by atoms with Crippen LogP contribution in [0.5, 0.6) is 0 Å². The van der Waals surface area contributed by atoms with E-state index in [0.29, 0.717) is 25.4 Å². The van der Waals surface area contributed by atoms with Crippen LogP contribution in [-0.4, -0.2) is 56.3 Å². The van der Waals surface area contributed by atoms with Crippen LogP contribution in [0.2, 0.25) is 0 Å². The summed E-state index contributed by atoms with van der Waals surface area (Å²) < 4.78 is 28.3. The Morgan fingerprint density at radius 1 is 1.32 bits per heavy atom. The van der Waals surface area contributed by atoms with E-state index in [0.717, 1.165) is 41.6 Å². The molecule has 5 rings (SSSR count). The summed E-state index contributed by atoms with van der Waals surface area (Å²) in [5.41, 5.74) is 2.04. The Morgan fingerprint density at radius 3 is 2.97 bits per heavy atom. The number of H-pyrrole nitrogens is 1. The molecule has 0 bridgehead atoms. The molecule has 0 radical (unpaired) electrons. The average molecular weight is 440 g/mol. The van der Waals surface area contributed by atoms with Crippen LogP contribution in [0.3, 0.4) is 0 Å². The second kappa shape index (κ2) is 7.43. The van der Waals surface area contributed by atoms with E-state index >= 15 is 0 Å². The van der Waals surface area contributed by atoms with Crippen molar-refractivity contribution in [3.63, 3.8) is 0 Å². The summed E-state index contributed by atoms with van der Waals surface area (Å²) in [5.74, 6) is 0.772. The Kier molecular flexibility index (Phi) is 4.83. The summed E-state index contributed by atoms with van der Waals surface area (Å²) in [6.07, 6.45) is 9.92. The van der Waals surface area contributed by atoms with E-state index < -0.39 is 15.6 Å². The van der Waals surface area contributed by atoms with Gasteiger partial charge in [-0.1, -0.05) is 0 Å². The number of aromatic amines is 1. The number of aromatic nitrogens is 5. The van der Waals surface area contributed by atoms with Crippen LogP contribution in [0.1, 0.15) is 32.6 Å². The van der Waals surface area contributed by atoms with Gasteiger partial charge in [0.25, 0.3) is 0 Å². The maximum Gasteiger partial charge on any atom is 0.213 e. The number of nitrogens with zero attached hydrogens (tertiary/aromatic N) is 6. The molecular weight excluding hydrogens is 414 g/mol. The molecule has 0 aromatic carbocycles. The normalized spacial score (nSPS) is 26.7. The molecule has 0 amide bonds. The fourth-order valence-corrected chi connectivity index (χ4v) is 6.58. The van der Waals surface area contributed by atoms with E-state index in [1.165, 1.54) is 6.33 Å². The highest BCUT2D eigenvalue weighted by Gasteiger charge is 2.49. The van der Waals surface area contributed by atoms with Crippen LogP contribution in [0.4, 0.5) is 0 Å². The second-order valence-corrected chi connectivity index (χ2v) is 10.9. The number of piperidine rings is 1. The highest BCUT2D eigenvalue weighted by molar-refractivity contribution is 7.89. The van der Waals surface area contributed by atoms with Gasteiger partial charge in [-0.05, 0) is 44.1 Å². The highest BCUT2D eigenvalue weighted by atomic mass is 32.2. The minimum absolute atomic E-state index is 0.128. The molecule has 162 valence electrons. The molecule has 4 heterocycles. The molecule has 3 atom stereocenters. The fourth-order valence-electron chi connectivity index (χ4n) is 5.41. The molecule has 1 saturated carbocycles. The van der Waals surface area contributed by atoms with Crippen molar-refractivity contribution in [2.24, 2.45) is 11.8 Å². The molecule has 1 aliphatic carbocycles. The van der Waals surface area contributed by atoms with Crippen molar-refractivity contribution < 1.29 is 8.42 Å². The third kappa shape index (κ3) is 3.32. The number of nitriles is 1. The Labute approximate surface area is 181 Å². The smallest absolute Gasteiger partial charge is 0.213 e. The molecule has 10 heteroatoms. The van der Waals surface area contributed by atoms with Gasteiger partial charge in [0.1, 0.15) is 12.0 Å². The number of hydrogen-bond acceptors (Lipinski definition) is 6. The van der Waals surface area contributed by atoms with Crippen LogP contribution in [0.15, 0.2) is 31.0 Å². The molecule has 31 heavy (non-hydrogen) atoms. The zero-order valence-corrected chi connectivity index (χ0v) is 18.2. The standard InChI is InChI=1S/C21H25N7O2S/c1-2-31(29,30)27-8-4-15-9-21(5-6-22,10-16(15)12-27)28-13-17(11-26-28)19-18-3-7-23-20(18)25-14-24-19/h3,7,11,13-16H,2,4-5,8-10,12H2,1H3,(H,23,24,25)/t15-,16-,21-/m0/s1. The Morgan fingerprint density at radius 2 is 2.16 bits per heavy atom. The van der Waals surface area contributed by atoms with Crippen LogP contribution in [-0.2, 0) is 15.6 Å². The van der Waals surface area contributed by atoms with Crippen molar-refractivity contribution in [3.05, 3.63) is 31.0 Å². The van der Waals surface area contributed by atoms with Crippen LogP contribution >= 0.6 is 0 Å². The van der Waals surface area contributed by atoms with Crippen molar-refractivity contribution in [3.8, 4) is 17.3 Å². The van der Waals surface area contributed by atoms with Crippen molar-refractivity contribution in [2.75, 3.05) is 18.8 Å². The SMILES string of the molecule is CCS(=O)(=O)N1CC[C@H]2C[C@](CC#N)(n3cc(-c4ncnc5[nH]ccc45)cn3)C[C@H]2C1. The molecule has 2 fully saturated rings. The maximum atomic E-state index is 12.4. The second-order valence-electron chi connectivity index (χ2n) is 8.67. The monoisotopic (exact) mass is 439 g/mol. The molecule has 0 spiro atoms. The first-order valence-electron chi connectivity index (χ1n) is 10.6. The molecule has 3 aromatic heterocycles. The summed E-state index contributed by atoms with van der Waals surface area (Å²) in [4.78, 5) is 11.8. The van der Waals surface area contributed by atoms with E-state index in [-0.39, 0.29) is 11.7 Å². The van der Waals surface area contributed by atoms with Gasteiger partial charge in [-0.25, -0.2) is 22.7 Å². The number of rotatable bonds is 5. The molecule has 2 aliphatic rings. The van der Waals surface area contributed by atoms with Crippen LogP contribution < -0.4 is 0 Å². The minimum atomic E-state index is -3.19.